The molecule has 5 heterocycles. The molecule has 0 bridgehead atoms. The van der Waals surface area contributed by atoms with Gasteiger partial charge in [0.1, 0.15) is 11.3 Å². The molecule has 0 atom stereocenters. The second-order valence-corrected chi connectivity index (χ2v) is 11.2. The lowest BCUT2D eigenvalue weighted by molar-refractivity contribution is 0.0730. The number of ketones is 1. The quantitative estimate of drug-likeness (QED) is 0.390. The summed E-state index contributed by atoms with van der Waals surface area (Å²) in [6.45, 7) is 12.1. The van der Waals surface area contributed by atoms with E-state index in [-0.39, 0.29) is 23.7 Å². The normalized spacial score (nSPS) is 13.3. The van der Waals surface area contributed by atoms with Crippen LogP contribution in [-0.4, -0.2) is 54.0 Å². The summed E-state index contributed by atoms with van der Waals surface area (Å²) < 4.78 is 3.72. The first kappa shape index (κ1) is 26.8. The van der Waals surface area contributed by atoms with E-state index in [1.165, 1.54) is 5.69 Å². The number of aromatic nitrogens is 4. The van der Waals surface area contributed by atoms with Crippen LogP contribution >= 0.6 is 11.3 Å². The number of hydrogen-bond acceptors (Lipinski definition) is 6. The van der Waals surface area contributed by atoms with Crippen LogP contribution in [0.1, 0.15) is 77.3 Å². The van der Waals surface area contributed by atoms with Crippen LogP contribution in [-0.2, 0) is 31.3 Å². The molecule has 37 heavy (non-hydrogen) atoms. The highest BCUT2D eigenvalue weighted by Gasteiger charge is 2.27. The molecular formula is C28H35N5O3S. The number of thiophene rings is 1. The second-order valence-electron chi connectivity index (χ2n) is 10.2. The molecule has 1 aliphatic heterocycles. The SMILES string of the molecule is CC(=O)c1csc2c1CCN(C(=O)c1cnc3ccccn13)C2.CCc1cc(C(C)(C)C)nn1CCO. The highest BCUT2D eigenvalue weighted by Crippen LogP contribution is 2.30. The molecule has 0 aromatic carbocycles. The number of imidazole rings is 1. The number of carbonyl (C=O) groups excluding carboxylic acids is 2. The van der Waals surface area contributed by atoms with Crippen molar-refractivity contribution in [3.05, 3.63) is 75.1 Å². The molecule has 0 aliphatic carbocycles. The number of Topliss-reactive ketones (excluding diaryl/α,β-unsaturated/α-hetero) is 1. The number of fused-ring (bicyclic) bond motifs is 2. The number of amides is 1. The van der Waals surface area contributed by atoms with Crippen LogP contribution in [0.4, 0.5) is 0 Å². The summed E-state index contributed by atoms with van der Waals surface area (Å²) in [5, 5.41) is 15.3. The van der Waals surface area contributed by atoms with Crippen molar-refractivity contribution in [1.82, 2.24) is 24.1 Å². The molecule has 1 aliphatic rings. The maximum Gasteiger partial charge on any atom is 0.272 e. The molecule has 5 rings (SSSR count). The minimum Gasteiger partial charge on any atom is -0.394 e. The van der Waals surface area contributed by atoms with Gasteiger partial charge < -0.3 is 10.0 Å². The predicted molar refractivity (Wildman–Crippen MR) is 145 cm³/mol. The zero-order valence-corrected chi connectivity index (χ0v) is 23.0. The Morgan fingerprint density at radius 3 is 2.68 bits per heavy atom. The molecule has 0 spiro atoms. The maximum absolute atomic E-state index is 12.8. The summed E-state index contributed by atoms with van der Waals surface area (Å²) in [4.78, 5) is 31.7. The van der Waals surface area contributed by atoms with Gasteiger partial charge in [-0.25, -0.2) is 4.98 Å². The highest BCUT2D eigenvalue weighted by atomic mass is 32.1. The van der Waals surface area contributed by atoms with Gasteiger partial charge in [0, 0.05) is 39.7 Å². The molecule has 0 radical (unpaired) electrons. The Bertz CT molecular complexity index is 1410. The number of nitrogens with zero attached hydrogens (tertiary/aromatic N) is 5. The van der Waals surface area contributed by atoms with E-state index < -0.39 is 0 Å². The van der Waals surface area contributed by atoms with E-state index in [0.717, 1.165) is 40.2 Å². The van der Waals surface area contributed by atoms with Gasteiger partial charge in [0.2, 0.25) is 0 Å². The van der Waals surface area contributed by atoms with E-state index in [9.17, 15) is 9.59 Å². The van der Waals surface area contributed by atoms with E-state index in [2.05, 4.69) is 43.8 Å². The fourth-order valence-corrected chi connectivity index (χ4v) is 5.60. The Hall–Kier alpha value is -3.30. The van der Waals surface area contributed by atoms with Gasteiger partial charge in [-0.05, 0) is 43.5 Å². The van der Waals surface area contributed by atoms with Crippen molar-refractivity contribution in [2.24, 2.45) is 0 Å². The summed E-state index contributed by atoms with van der Waals surface area (Å²) in [5.41, 5.74) is 5.66. The van der Waals surface area contributed by atoms with E-state index in [0.29, 0.717) is 25.3 Å². The highest BCUT2D eigenvalue weighted by molar-refractivity contribution is 7.10. The van der Waals surface area contributed by atoms with Crippen molar-refractivity contribution < 1.29 is 14.7 Å². The summed E-state index contributed by atoms with van der Waals surface area (Å²) in [6, 6.07) is 7.80. The lowest BCUT2D eigenvalue weighted by atomic mass is 9.92. The first-order valence-corrected chi connectivity index (χ1v) is 13.5. The van der Waals surface area contributed by atoms with Gasteiger partial charge in [-0.3, -0.25) is 18.7 Å². The minimum absolute atomic E-state index is 0.0212. The van der Waals surface area contributed by atoms with Crippen LogP contribution in [0, 0.1) is 0 Å². The van der Waals surface area contributed by atoms with E-state index in [4.69, 9.17) is 5.11 Å². The number of aliphatic hydroxyl groups excluding tert-OH is 1. The van der Waals surface area contributed by atoms with Crippen LogP contribution in [0.2, 0.25) is 0 Å². The number of pyridine rings is 1. The van der Waals surface area contributed by atoms with Crippen molar-refractivity contribution in [1.29, 1.82) is 0 Å². The summed E-state index contributed by atoms with van der Waals surface area (Å²) in [5.74, 6) is 0.0798. The Morgan fingerprint density at radius 2 is 2.00 bits per heavy atom. The maximum atomic E-state index is 12.8. The van der Waals surface area contributed by atoms with E-state index in [1.54, 1.807) is 24.5 Å². The van der Waals surface area contributed by atoms with E-state index >= 15 is 0 Å². The largest absolute Gasteiger partial charge is 0.394 e. The second kappa shape index (κ2) is 11.0. The third-order valence-corrected chi connectivity index (χ3v) is 7.57. The van der Waals surface area contributed by atoms with Crippen molar-refractivity contribution in [3.8, 4) is 0 Å². The third kappa shape index (κ3) is 5.67. The van der Waals surface area contributed by atoms with Crippen LogP contribution in [0.25, 0.3) is 5.65 Å². The number of carbonyl (C=O) groups is 2. The van der Waals surface area contributed by atoms with Gasteiger partial charge in [-0.2, -0.15) is 5.10 Å². The summed E-state index contributed by atoms with van der Waals surface area (Å²) >= 11 is 1.57. The fraction of sp³-hybridized carbons (Fsp3) is 0.429. The smallest absolute Gasteiger partial charge is 0.272 e. The topological polar surface area (TPSA) is 92.7 Å². The molecule has 1 amide bonds. The van der Waals surface area contributed by atoms with Gasteiger partial charge in [-0.15, -0.1) is 11.3 Å². The van der Waals surface area contributed by atoms with Gasteiger partial charge >= 0.3 is 0 Å². The van der Waals surface area contributed by atoms with Crippen molar-refractivity contribution in [3.63, 3.8) is 0 Å². The molecule has 0 unspecified atom stereocenters. The van der Waals surface area contributed by atoms with Crippen molar-refractivity contribution >= 4 is 28.7 Å². The van der Waals surface area contributed by atoms with Gasteiger partial charge in [0.05, 0.1) is 31.6 Å². The average molecular weight is 522 g/mol. The molecule has 9 heteroatoms. The Morgan fingerprint density at radius 1 is 1.22 bits per heavy atom. The zero-order valence-electron chi connectivity index (χ0n) is 22.2. The van der Waals surface area contributed by atoms with Gasteiger partial charge in [0.15, 0.2) is 5.78 Å². The number of rotatable bonds is 5. The molecule has 1 N–H and O–H groups in total. The average Bonchev–Trinajstić information content (AvgIpc) is 3.60. The number of aliphatic hydroxyl groups is 1. The van der Waals surface area contributed by atoms with Crippen LogP contribution in [0.15, 0.2) is 42.0 Å². The monoisotopic (exact) mass is 521 g/mol. The van der Waals surface area contributed by atoms with Gasteiger partial charge in [0.25, 0.3) is 5.91 Å². The zero-order chi connectivity index (χ0) is 26.7. The molecule has 196 valence electrons. The molecule has 0 saturated heterocycles. The first-order chi connectivity index (χ1) is 17.6. The fourth-order valence-electron chi connectivity index (χ4n) is 4.44. The molecule has 4 aromatic rings. The van der Waals surface area contributed by atoms with Gasteiger partial charge in [-0.1, -0.05) is 33.8 Å². The van der Waals surface area contributed by atoms with Crippen LogP contribution in [0.5, 0.6) is 0 Å². The standard InChI is InChI=1S/C17H15N3O2S.C11H20N2O/c1-11(21)13-10-23-15-9-19(7-5-12(13)15)17(22)14-8-18-16-4-2-3-6-20(14)16;1-5-9-8-10(11(2,3)4)12-13(9)6-7-14/h2-4,6,8,10H,5,7,9H2,1H3;8,14H,5-7H2,1-4H3. The molecule has 0 saturated carbocycles. The molecule has 4 aromatic heterocycles. The minimum atomic E-state index is -0.0212. The van der Waals surface area contributed by atoms with E-state index in [1.807, 2.05) is 43.8 Å². The van der Waals surface area contributed by atoms with Crippen LogP contribution in [0.3, 0.4) is 0 Å². The van der Waals surface area contributed by atoms with Crippen LogP contribution < -0.4 is 0 Å². The predicted octanol–water partition coefficient (Wildman–Crippen LogP) is 4.53. The Balaban J connectivity index is 0.000000197. The Labute approximate surface area is 221 Å². The number of aryl methyl sites for hydroxylation is 1. The van der Waals surface area contributed by atoms with Crippen molar-refractivity contribution in [2.45, 2.75) is 66.0 Å². The Kier molecular flexibility index (Phi) is 7.94. The molecular weight excluding hydrogens is 486 g/mol. The third-order valence-electron chi connectivity index (χ3n) is 6.56. The molecule has 0 fully saturated rings. The first-order valence-electron chi connectivity index (χ1n) is 12.6. The lowest BCUT2D eigenvalue weighted by Crippen LogP contribution is -2.36. The van der Waals surface area contributed by atoms with Crippen molar-refractivity contribution in [2.75, 3.05) is 13.2 Å². The number of hydrogen-bond donors (Lipinski definition) is 1. The summed E-state index contributed by atoms with van der Waals surface area (Å²) in [7, 11) is 0. The lowest BCUT2D eigenvalue weighted by Gasteiger charge is -2.27. The summed E-state index contributed by atoms with van der Waals surface area (Å²) in [6.07, 6.45) is 5.17. The molecule has 8 nitrogen and oxygen atoms in total.